The molecule has 4 heteroatoms. The van der Waals surface area contributed by atoms with Crippen LogP contribution in [0.1, 0.15) is 23.6 Å². The van der Waals surface area contributed by atoms with Crippen molar-refractivity contribution < 1.29 is 14.6 Å². The van der Waals surface area contributed by atoms with Gasteiger partial charge in [0.2, 0.25) is 0 Å². The third kappa shape index (κ3) is 3.23. The summed E-state index contributed by atoms with van der Waals surface area (Å²) in [6.07, 6.45) is 0.992. The van der Waals surface area contributed by atoms with Crippen molar-refractivity contribution in [2.75, 3.05) is 5.94 Å². The van der Waals surface area contributed by atoms with Crippen molar-refractivity contribution in [2.24, 2.45) is 0 Å². The summed E-state index contributed by atoms with van der Waals surface area (Å²) in [5.41, 5.74) is 2.81. The number of phenolic OH excluding ortho intramolecular Hbond substituents is 1. The fraction of sp³-hybridized carbons (Fsp3) is 0.333. The Kier molecular flexibility index (Phi) is 4.60. The summed E-state index contributed by atoms with van der Waals surface area (Å²) in [7, 11) is 0. The van der Waals surface area contributed by atoms with Crippen LogP contribution in [-0.4, -0.2) is 17.1 Å². The molecule has 1 aliphatic rings. The van der Waals surface area contributed by atoms with Crippen LogP contribution >= 0.6 is 11.8 Å². The van der Waals surface area contributed by atoms with Crippen LogP contribution < -0.4 is 4.74 Å². The normalized spacial score (nSPS) is 17.1. The maximum atomic E-state index is 10.4. The summed E-state index contributed by atoms with van der Waals surface area (Å²) < 4.78 is 11.5. The molecule has 0 spiro atoms. The van der Waals surface area contributed by atoms with Crippen LogP contribution in [0.3, 0.4) is 0 Å². The van der Waals surface area contributed by atoms with E-state index in [4.69, 9.17) is 9.47 Å². The van der Waals surface area contributed by atoms with Crippen LogP contribution in [-0.2, 0) is 17.8 Å². The zero-order valence-electron chi connectivity index (χ0n) is 12.8. The molecule has 0 saturated heterocycles. The van der Waals surface area contributed by atoms with Crippen molar-refractivity contribution >= 4 is 11.8 Å². The van der Waals surface area contributed by atoms with E-state index in [2.05, 4.69) is 18.2 Å². The second-order valence-electron chi connectivity index (χ2n) is 5.53. The maximum Gasteiger partial charge on any atom is 0.138 e. The van der Waals surface area contributed by atoms with Gasteiger partial charge in [-0.25, -0.2) is 0 Å². The molecule has 3 rings (SSSR count). The highest BCUT2D eigenvalue weighted by Gasteiger charge is 2.22. The topological polar surface area (TPSA) is 38.7 Å². The van der Waals surface area contributed by atoms with Gasteiger partial charge >= 0.3 is 0 Å². The van der Waals surface area contributed by atoms with Crippen LogP contribution in [0.15, 0.2) is 41.3 Å². The number of fused-ring (bicyclic) bond motifs is 1. The van der Waals surface area contributed by atoms with Crippen molar-refractivity contribution in [3.63, 3.8) is 0 Å². The number of hydrogen-bond acceptors (Lipinski definition) is 4. The lowest BCUT2D eigenvalue weighted by Gasteiger charge is -2.25. The number of ether oxygens (including phenoxy) is 2. The minimum atomic E-state index is 0.182. The molecule has 1 unspecified atom stereocenters. The van der Waals surface area contributed by atoms with Crippen LogP contribution in [0.5, 0.6) is 11.5 Å². The molecule has 2 aromatic rings. The lowest BCUT2D eigenvalue weighted by Crippen LogP contribution is -2.19. The lowest BCUT2D eigenvalue weighted by molar-refractivity contribution is 0.0395. The minimum Gasteiger partial charge on any atom is -0.507 e. The van der Waals surface area contributed by atoms with E-state index < -0.39 is 0 Å². The Morgan fingerprint density at radius 1 is 1.32 bits per heavy atom. The summed E-state index contributed by atoms with van der Waals surface area (Å²) in [5.74, 6) is 1.59. The maximum absolute atomic E-state index is 10.4. The largest absolute Gasteiger partial charge is 0.507 e. The fourth-order valence-corrected chi connectivity index (χ4v) is 3.29. The van der Waals surface area contributed by atoms with Gasteiger partial charge in [-0.1, -0.05) is 30.0 Å². The lowest BCUT2D eigenvalue weighted by atomic mass is 9.96. The van der Waals surface area contributed by atoms with Crippen LogP contribution in [0.2, 0.25) is 0 Å². The smallest absolute Gasteiger partial charge is 0.138 e. The quantitative estimate of drug-likeness (QED) is 0.674. The average molecular weight is 316 g/mol. The van der Waals surface area contributed by atoms with E-state index >= 15 is 0 Å². The molecule has 0 radical (unpaired) electrons. The molecule has 2 aromatic carbocycles. The van der Waals surface area contributed by atoms with E-state index in [1.54, 1.807) is 11.8 Å². The molecule has 0 aliphatic carbocycles. The van der Waals surface area contributed by atoms with Gasteiger partial charge in [0.1, 0.15) is 17.4 Å². The summed E-state index contributed by atoms with van der Waals surface area (Å²) in [6.45, 7) is 4.41. The molecule has 22 heavy (non-hydrogen) atoms. The first-order valence-electron chi connectivity index (χ1n) is 7.41. The molecule has 0 amide bonds. The van der Waals surface area contributed by atoms with Gasteiger partial charge in [0, 0.05) is 16.0 Å². The fourth-order valence-electron chi connectivity index (χ4n) is 2.61. The van der Waals surface area contributed by atoms with Crippen molar-refractivity contribution in [3.05, 3.63) is 53.1 Å². The van der Waals surface area contributed by atoms with E-state index in [0.717, 1.165) is 28.9 Å². The predicted octanol–water partition coefficient (Wildman–Crippen LogP) is 4.29. The number of aromatic hydroxyl groups is 1. The number of benzene rings is 2. The van der Waals surface area contributed by atoms with Gasteiger partial charge in [-0.05, 0) is 44.0 Å². The minimum absolute atomic E-state index is 0.182. The van der Waals surface area contributed by atoms with Gasteiger partial charge < -0.3 is 14.6 Å². The van der Waals surface area contributed by atoms with Crippen LogP contribution in [0.25, 0.3) is 0 Å². The predicted molar refractivity (Wildman–Crippen MR) is 88.6 cm³/mol. The van der Waals surface area contributed by atoms with Crippen molar-refractivity contribution in [1.82, 2.24) is 0 Å². The standard InChI is InChI=1S/C18H20O3S/c1-12-8-14-9-17(13(2)18(19)16(14)10-20-12)21-11-22-15-6-4-3-5-7-15/h3-7,9,12,19H,8,10-11H2,1-2H3. The molecule has 3 nitrogen and oxygen atoms in total. The van der Waals surface area contributed by atoms with E-state index in [-0.39, 0.29) is 6.10 Å². The Bertz CT molecular complexity index is 655. The molecule has 1 N–H and O–H groups in total. The van der Waals surface area contributed by atoms with Gasteiger partial charge in [0.15, 0.2) is 0 Å². The van der Waals surface area contributed by atoms with Gasteiger partial charge in [0.05, 0.1) is 12.7 Å². The Hall–Kier alpha value is -1.65. The molecule has 0 bridgehead atoms. The Labute approximate surface area is 135 Å². The van der Waals surface area contributed by atoms with Crippen LogP contribution in [0, 0.1) is 6.92 Å². The second-order valence-corrected chi connectivity index (χ2v) is 6.53. The summed E-state index contributed by atoms with van der Waals surface area (Å²) >= 11 is 1.64. The molecular formula is C18H20O3S. The highest BCUT2D eigenvalue weighted by Crippen LogP contribution is 2.37. The Morgan fingerprint density at radius 2 is 2.09 bits per heavy atom. The van der Waals surface area contributed by atoms with Crippen LogP contribution in [0.4, 0.5) is 0 Å². The van der Waals surface area contributed by atoms with Gasteiger partial charge in [-0.3, -0.25) is 0 Å². The number of thioether (sulfide) groups is 1. The van der Waals surface area contributed by atoms with E-state index in [0.29, 0.717) is 18.3 Å². The Morgan fingerprint density at radius 3 is 2.86 bits per heavy atom. The van der Waals surface area contributed by atoms with Crippen molar-refractivity contribution in [3.8, 4) is 11.5 Å². The molecule has 1 heterocycles. The van der Waals surface area contributed by atoms with E-state index in [1.807, 2.05) is 32.0 Å². The number of phenols is 1. The molecule has 116 valence electrons. The van der Waals surface area contributed by atoms with Crippen molar-refractivity contribution in [2.45, 2.75) is 37.9 Å². The molecule has 0 aromatic heterocycles. The summed E-state index contributed by atoms with van der Waals surface area (Å²) in [4.78, 5) is 1.17. The number of hydrogen-bond donors (Lipinski definition) is 1. The van der Waals surface area contributed by atoms with E-state index in [1.165, 1.54) is 4.90 Å². The highest BCUT2D eigenvalue weighted by molar-refractivity contribution is 7.99. The Balaban J connectivity index is 1.73. The SMILES string of the molecule is Cc1c(OCSc2ccccc2)cc2c(c1O)COC(C)C2. The first kappa shape index (κ1) is 15.3. The van der Waals surface area contributed by atoms with Gasteiger partial charge in [-0.15, -0.1) is 0 Å². The average Bonchev–Trinajstić information content (AvgIpc) is 2.53. The second kappa shape index (κ2) is 6.63. The summed E-state index contributed by atoms with van der Waals surface area (Å²) in [5, 5.41) is 10.4. The van der Waals surface area contributed by atoms with Gasteiger partial charge in [0.25, 0.3) is 0 Å². The molecule has 1 atom stereocenters. The zero-order chi connectivity index (χ0) is 15.5. The zero-order valence-corrected chi connectivity index (χ0v) is 13.7. The number of rotatable bonds is 4. The van der Waals surface area contributed by atoms with Crippen molar-refractivity contribution in [1.29, 1.82) is 0 Å². The monoisotopic (exact) mass is 316 g/mol. The summed E-state index contributed by atoms with van der Waals surface area (Å²) in [6, 6.07) is 12.2. The molecule has 0 fully saturated rings. The first-order chi connectivity index (χ1) is 10.6. The third-order valence-electron chi connectivity index (χ3n) is 3.91. The van der Waals surface area contributed by atoms with E-state index in [9.17, 15) is 5.11 Å². The molecule has 0 saturated carbocycles. The third-order valence-corrected chi connectivity index (χ3v) is 4.75. The highest BCUT2D eigenvalue weighted by atomic mass is 32.2. The molecule has 1 aliphatic heterocycles. The van der Waals surface area contributed by atoms with Gasteiger partial charge in [-0.2, -0.15) is 0 Å². The first-order valence-corrected chi connectivity index (χ1v) is 8.40. The molecular weight excluding hydrogens is 296 g/mol.